The van der Waals surface area contributed by atoms with Gasteiger partial charge in [0.1, 0.15) is 0 Å². The monoisotopic (exact) mass is 270 g/mol. The number of methoxy groups -OCH3 is 1. The Morgan fingerprint density at radius 2 is 2.44 bits per heavy atom. The van der Waals surface area contributed by atoms with Gasteiger partial charge in [-0.3, -0.25) is 0 Å². The maximum Gasteiger partial charge on any atom is 0.358 e. The molecular weight excluding hydrogens is 256 g/mol. The normalized spacial score (nSPS) is 19.8. The van der Waals surface area contributed by atoms with E-state index >= 15 is 0 Å². The molecule has 0 aromatic carbocycles. The first-order chi connectivity index (χ1) is 8.60. The number of carbonyl (C=O) groups is 1. The Labute approximate surface area is 110 Å². The number of nitrogens with one attached hydrogen (secondary N) is 1. The smallest absolute Gasteiger partial charge is 0.358 e. The number of hydrogen-bond acceptors (Lipinski definition) is 6. The van der Waals surface area contributed by atoms with Crippen LogP contribution in [0.3, 0.4) is 0 Å². The van der Waals surface area contributed by atoms with Gasteiger partial charge < -0.3 is 15.0 Å². The van der Waals surface area contributed by atoms with Gasteiger partial charge in [-0.15, -0.1) is 0 Å². The molecule has 0 spiro atoms. The van der Waals surface area contributed by atoms with Crippen LogP contribution in [0.1, 0.15) is 16.9 Å². The third-order valence-electron chi connectivity index (χ3n) is 2.86. The molecule has 1 N–H and O–H groups in total. The maximum atomic E-state index is 11.3. The summed E-state index contributed by atoms with van der Waals surface area (Å²) < 4.78 is 4.55. The summed E-state index contributed by atoms with van der Waals surface area (Å²) in [7, 11) is 3.35. The van der Waals surface area contributed by atoms with Crippen LogP contribution in [0, 0.1) is 0 Å². The lowest BCUT2D eigenvalue weighted by Crippen LogP contribution is -2.24. The molecule has 98 valence electrons. The van der Waals surface area contributed by atoms with Crippen LogP contribution in [0.25, 0.3) is 0 Å². The van der Waals surface area contributed by atoms with Gasteiger partial charge in [-0.05, 0) is 20.0 Å². The number of anilines is 1. The van der Waals surface area contributed by atoms with E-state index in [9.17, 15) is 4.79 Å². The number of likely N-dealkylation sites (tertiary alicyclic amines) is 1. The van der Waals surface area contributed by atoms with Crippen LogP contribution in [0.4, 0.5) is 5.82 Å². The van der Waals surface area contributed by atoms with Gasteiger partial charge in [0.25, 0.3) is 0 Å². The molecule has 1 aromatic heterocycles. The van der Waals surface area contributed by atoms with Crippen molar-refractivity contribution < 1.29 is 9.53 Å². The minimum atomic E-state index is -0.545. The molecular formula is C11H15ClN4O2. The van der Waals surface area contributed by atoms with E-state index in [-0.39, 0.29) is 10.8 Å². The second kappa shape index (κ2) is 5.49. The molecule has 18 heavy (non-hydrogen) atoms. The summed E-state index contributed by atoms with van der Waals surface area (Å²) >= 11 is 5.99. The lowest BCUT2D eigenvalue weighted by molar-refractivity contribution is 0.0593. The predicted octanol–water partition coefficient (Wildman–Crippen LogP) is 1.03. The predicted molar refractivity (Wildman–Crippen MR) is 67.9 cm³/mol. The molecule has 1 aliphatic heterocycles. The summed E-state index contributed by atoms with van der Waals surface area (Å²) in [6, 6.07) is 0.311. The average Bonchev–Trinajstić information content (AvgIpc) is 2.76. The Morgan fingerprint density at radius 3 is 3.00 bits per heavy atom. The van der Waals surface area contributed by atoms with Crippen molar-refractivity contribution in [2.75, 3.05) is 32.6 Å². The highest BCUT2D eigenvalue weighted by atomic mass is 35.5. The fraction of sp³-hybridized carbons (Fsp3) is 0.545. The standard InChI is InChI=1S/C11H15ClN4O2/c1-16-4-3-7(6-16)14-10-9(12)15-8(5-13-10)11(17)18-2/h5,7H,3-4,6H2,1-2H3,(H,13,14)/t7-/m1/s1. The summed E-state index contributed by atoms with van der Waals surface area (Å²) in [5.74, 6) is -0.0406. The van der Waals surface area contributed by atoms with Gasteiger partial charge in [0.05, 0.1) is 13.3 Å². The van der Waals surface area contributed by atoms with Gasteiger partial charge >= 0.3 is 5.97 Å². The van der Waals surface area contributed by atoms with Crippen molar-refractivity contribution in [3.05, 3.63) is 17.0 Å². The number of halogens is 1. The minimum Gasteiger partial charge on any atom is -0.464 e. The second-order valence-electron chi connectivity index (χ2n) is 4.28. The number of esters is 1. The van der Waals surface area contributed by atoms with Crippen LogP contribution >= 0.6 is 11.6 Å². The number of carbonyl (C=O) groups excluding carboxylic acids is 1. The van der Waals surface area contributed by atoms with E-state index in [1.165, 1.54) is 13.3 Å². The van der Waals surface area contributed by atoms with Crippen LogP contribution in [0.2, 0.25) is 5.15 Å². The molecule has 0 bridgehead atoms. The summed E-state index contributed by atoms with van der Waals surface area (Å²) in [6.45, 7) is 1.99. The molecule has 7 heteroatoms. The molecule has 6 nitrogen and oxygen atoms in total. The highest BCUT2D eigenvalue weighted by Gasteiger charge is 2.21. The van der Waals surface area contributed by atoms with Crippen molar-refractivity contribution in [2.24, 2.45) is 0 Å². The topological polar surface area (TPSA) is 67.3 Å². The molecule has 1 aliphatic rings. The van der Waals surface area contributed by atoms with Crippen LogP contribution in [-0.4, -0.2) is 54.1 Å². The van der Waals surface area contributed by atoms with E-state index in [0.717, 1.165) is 19.5 Å². The number of rotatable bonds is 3. The third-order valence-corrected chi connectivity index (χ3v) is 3.12. The van der Waals surface area contributed by atoms with Gasteiger partial charge in [0.2, 0.25) is 0 Å². The fourth-order valence-corrected chi connectivity index (χ4v) is 2.11. The van der Waals surface area contributed by atoms with Gasteiger partial charge in [-0.2, -0.15) is 0 Å². The van der Waals surface area contributed by atoms with Gasteiger partial charge in [0, 0.05) is 12.6 Å². The molecule has 2 heterocycles. The lowest BCUT2D eigenvalue weighted by Gasteiger charge is -2.14. The molecule has 1 saturated heterocycles. The van der Waals surface area contributed by atoms with E-state index in [4.69, 9.17) is 11.6 Å². The van der Waals surface area contributed by atoms with Crippen molar-refractivity contribution in [3.8, 4) is 0 Å². The Hall–Kier alpha value is -1.40. The first kappa shape index (κ1) is 13.0. The number of aromatic nitrogens is 2. The van der Waals surface area contributed by atoms with Gasteiger partial charge in [-0.1, -0.05) is 11.6 Å². The number of hydrogen-bond donors (Lipinski definition) is 1. The molecule has 0 unspecified atom stereocenters. The van der Waals surface area contributed by atoms with E-state index < -0.39 is 5.97 Å². The van der Waals surface area contributed by atoms with E-state index in [0.29, 0.717) is 11.9 Å². The molecule has 0 amide bonds. The Morgan fingerprint density at radius 1 is 1.67 bits per heavy atom. The highest BCUT2D eigenvalue weighted by molar-refractivity contribution is 6.31. The largest absolute Gasteiger partial charge is 0.464 e. The molecule has 0 saturated carbocycles. The van der Waals surface area contributed by atoms with Crippen LogP contribution < -0.4 is 5.32 Å². The Kier molecular flexibility index (Phi) is 3.98. The van der Waals surface area contributed by atoms with Gasteiger partial charge in [-0.25, -0.2) is 14.8 Å². The number of nitrogens with zero attached hydrogens (tertiary/aromatic N) is 3. The van der Waals surface area contributed by atoms with Crippen molar-refractivity contribution in [3.63, 3.8) is 0 Å². The zero-order chi connectivity index (χ0) is 13.1. The second-order valence-corrected chi connectivity index (χ2v) is 4.64. The Bertz CT molecular complexity index is 455. The molecule has 1 atom stereocenters. The first-order valence-corrected chi connectivity index (χ1v) is 6.04. The van der Waals surface area contributed by atoms with Crippen LogP contribution in [0.5, 0.6) is 0 Å². The van der Waals surface area contributed by atoms with Crippen molar-refractivity contribution >= 4 is 23.4 Å². The van der Waals surface area contributed by atoms with Crippen LogP contribution in [0.15, 0.2) is 6.20 Å². The van der Waals surface area contributed by atoms with E-state index in [1.54, 1.807) is 0 Å². The SMILES string of the molecule is COC(=O)c1cnc(N[C@@H]2CCN(C)C2)c(Cl)n1. The molecule has 2 rings (SSSR count). The highest BCUT2D eigenvalue weighted by Crippen LogP contribution is 2.20. The zero-order valence-electron chi connectivity index (χ0n) is 10.3. The third kappa shape index (κ3) is 2.88. The molecule has 0 aliphatic carbocycles. The zero-order valence-corrected chi connectivity index (χ0v) is 11.1. The lowest BCUT2D eigenvalue weighted by atomic mass is 10.2. The summed E-state index contributed by atoms with van der Waals surface area (Å²) in [4.78, 5) is 21.5. The molecule has 0 radical (unpaired) electrons. The Balaban J connectivity index is 2.08. The van der Waals surface area contributed by atoms with E-state index in [2.05, 4.69) is 32.0 Å². The fourth-order valence-electron chi connectivity index (χ4n) is 1.91. The number of ether oxygens (including phenoxy) is 1. The van der Waals surface area contributed by atoms with Crippen molar-refractivity contribution in [2.45, 2.75) is 12.5 Å². The summed E-state index contributed by atoms with van der Waals surface area (Å²) in [6.07, 6.45) is 2.39. The quantitative estimate of drug-likeness (QED) is 0.828. The van der Waals surface area contributed by atoms with Crippen molar-refractivity contribution in [1.29, 1.82) is 0 Å². The summed E-state index contributed by atoms with van der Waals surface area (Å²) in [5, 5.41) is 3.41. The van der Waals surface area contributed by atoms with Crippen LogP contribution in [-0.2, 0) is 4.74 Å². The first-order valence-electron chi connectivity index (χ1n) is 5.66. The van der Waals surface area contributed by atoms with Gasteiger partial charge in [0.15, 0.2) is 16.7 Å². The maximum absolute atomic E-state index is 11.3. The summed E-state index contributed by atoms with van der Waals surface area (Å²) in [5.41, 5.74) is 0.108. The molecule has 1 fully saturated rings. The number of likely N-dealkylation sites (N-methyl/N-ethyl adjacent to an activating group) is 1. The molecule has 1 aromatic rings. The minimum absolute atomic E-state index is 0.108. The van der Waals surface area contributed by atoms with E-state index in [1.807, 2.05) is 0 Å². The average molecular weight is 271 g/mol. The van der Waals surface area contributed by atoms with Crippen molar-refractivity contribution in [1.82, 2.24) is 14.9 Å².